The van der Waals surface area contributed by atoms with Crippen molar-refractivity contribution in [2.24, 2.45) is 0 Å². The van der Waals surface area contributed by atoms with Gasteiger partial charge in [-0.1, -0.05) is 69.4 Å². The number of carboxylic acid groups (broad SMARTS) is 1. The van der Waals surface area contributed by atoms with Gasteiger partial charge in [-0.15, -0.1) is 0 Å². The van der Waals surface area contributed by atoms with Crippen molar-refractivity contribution in [3.8, 4) is 17.2 Å². The molecule has 10 nitrogen and oxygen atoms in total. The molecule has 0 aliphatic heterocycles. The first-order chi connectivity index (χ1) is 24.2. The van der Waals surface area contributed by atoms with Gasteiger partial charge in [0.05, 0.1) is 25.7 Å². The maximum Gasteiger partial charge on any atom is 0.343 e. The fourth-order valence-corrected chi connectivity index (χ4v) is 5.21. The van der Waals surface area contributed by atoms with Gasteiger partial charge in [0.1, 0.15) is 23.8 Å². The molecule has 0 bridgehead atoms. The van der Waals surface area contributed by atoms with Gasteiger partial charge in [0.2, 0.25) is 5.91 Å². The number of amides is 2. The Bertz CT molecular complexity index is 1700. The van der Waals surface area contributed by atoms with E-state index < -0.39 is 24.4 Å². The zero-order chi connectivity index (χ0) is 35.7. The summed E-state index contributed by atoms with van der Waals surface area (Å²) in [4.78, 5) is 51.5. The third-order valence-electron chi connectivity index (χ3n) is 7.90. The molecule has 0 saturated carbocycles. The lowest BCUT2D eigenvalue weighted by Crippen LogP contribution is -2.35. The minimum atomic E-state index is -1.16. The summed E-state index contributed by atoms with van der Waals surface area (Å²) in [5.41, 5.74) is 2.59. The Balaban J connectivity index is 1.30. The topological polar surface area (TPSA) is 131 Å². The number of hydrogen-bond donors (Lipinski definition) is 2. The van der Waals surface area contributed by atoms with Crippen molar-refractivity contribution in [3.05, 3.63) is 119 Å². The molecule has 0 spiro atoms. The van der Waals surface area contributed by atoms with Crippen molar-refractivity contribution >= 4 is 29.4 Å². The molecule has 4 aromatic carbocycles. The summed E-state index contributed by atoms with van der Waals surface area (Å²) in [5.74, 6) is -0.801. The highest BCUT2D eigenvalue weighted by Gasteiger charge is 2.20. The van der Waals surface area contributed by atoms with E-state index in [1.807, 2.05) is 18.2 Å². The number of benzene rings is 4. The second-order valence-electron chi connectivity index (χ2n) is 11.9. The number of nitrogens with one attached hydrogen (secondary N) is 1. The van der Waals surface area contributed by atoms with Gasteiger partial charge in [0, 0.05) is 17.8 Å². The Labute approximate surface area is 293 Å². The lowest BCUT2D eigenvalue weighted by atomic mass is 10.1. The molecule has 2 amide bonds. The van der Waals surface area contributed by atoms with Crippen LogP contribution in [0.2, 0.25) is 0 Å². The zero-order valence-electron chi connectivity index (χ0n) is 28.6. The highest BCUT2D eigenvalue weighted by Crippen LogP contribution is 2.20. The molecular formula is C40H44N2O8. The number of carbonyl (C=O) groups is 4. The molecule has 0 heterocycles. The number of methoxy groups -OCH3 is 1. The summed E-state index contributed by atoms with van der Waals surface area (Å²) in [5, 5.41) is 12.3. The molecule has 0 aliphatic carbocycles. The monoisotopic (exact) mass is 680 g/mol. The van der Waals surface area contributed by atoms with Crippen molar-refractivity contribution in [3.63, 3.8) is 0 Å². The van der Waals surface area contributed by atoms with E-state index in [1.165, 1.54) is 42.7 Å². The number of nitrogens with zero attached hydrogens (tertiary/aromatic N) is 1. The van der Waals surface area contributed by atoms with Crippen LogP contribution in [0.15, 0.2) is 97.1 Å². The number of hydrogen-bond acceptors (Lipinski definition) is 7. The van der Waals surface area contributed by atoms with Crippen LogP contribution in [0.3, 0.4) is 0 Å². The first-order valence-corrected chi connectivity index (χ1v) is 16.8. The molecule has 0 aliphatic rings. The van der Waals surface area contributed by atoms with Gasteiger partial charge >= 0.3 is 11.9 Å². The van der Waals surface area contributed by atoms with Gasteiger partial charge in [-0.3, -0.25) is 14.4 Å². The van der Waals surface area contributed by atoms with Crippen LogP contribution in [0.4, 0.5) is 5.69 Å². The number of anilines is 1. The third-order valence-corrected chi connectivity index (χ3v) is 7.90. The minimum absolute atomic E-state index is 0.0116. The van der Waals surface area contributed by atoms with E-state index in [4.69, 9.17) is 14.2 Å². The summed E-state index contributed by atoms with van der Waals surface area (Å²) in [7, 11) is 1.57. The number of carboxylic acids is 1. The van der Waals surface area contributed by atoms with E-state index in [1.54, 1.807) is 73.8 Å². The smallest absolute Gasteiger partial charge is 0.343 e. The second kappa shape index (κ2) is 19.4. The summed E-state index contributed by atoms with van der Waals surface area (Å²) in [6.45, 7) is 2.27. The van der Waals surface area contributed by atoms with Crippen LogP contribution in [0.5, 0.6) is 17.2 Å². The highest BCUT2D eigenvalue weighted by molar-refractivity contribution is 5.97. The SMILES string of the molecule is CCCCCCCCOc1cccc(C(=O)Oc2ccc(CN(CC(=O)O)C(=O)c3ccc(NC(=O)Cc4ccc(OC)cc4)cc3)cc2)c1. The quantitative estimate of drug-likeness (QED) is 0.0589. The fourth-order valence-electron chi connectivity index (χ4n) is 5.21. The number of aliphatic carboxylic acids is 1. The van der Waals surface area contributed by atoms with Crippen LogP contribution in [-0.2, 0) is 22.6 Å². The first kappa shape index (κ1) is 37.2. The molecule has 4 aromatic rings. The Morgan fingerprint density at radius 1 is 0.720 bits per heavy atom. The van der Waals surface area contributed by atoms with Crippen molar-refractivity contribution in [2.45, 2.75) is 58.4 Å². The zero-order valence-corrected chi connectivity index (χ0v) is 28.6. The molecule has 2 N–H and O–H groups in total. The molecule has 4 rings (SSSR count). The van der Waals surface area contributed by atoms with E-state index in [2.05, 4.69) is 12.2 Å². The van der Waals surface area contributed by atoms with E-state index in [0.717, 1.165) is 18.4 Å². The van der Waals surface area contributed by atoms with Gasteiger partial charge in [0.25, 0.3) is 5.91 Å². The van der Waals surface area contributed by atoms with Gasteiger partial charge in [-0.2, -0.15) is 0 Å². The summed E-state index contributed by atoms with van der Waals surface area (Å²) >= 11 is 0. The third kappa shape index (κ3) is 12.1. The Kier molecular flexibility index (Phi) is 14.4. The molecule has 262 valence electrons. The van der Waals surface area contributed by atoms with Crippen LogP contribution in [0.1, 0.15) is 77.3 Å². The molecule has 50 heavy (non-hydrogen) atoms. The summed E-state index contributed by atoms with van der Waals surface area (Å²) in [6.07, 6.45) is 7.13. The molecular weight excluding hydrogens is 636 g/mol. The van der Waals surface area contributed by atoms with Crippen LogP contribution < -0.4 is 19.5 Å². The molecule has 0 aromatic heterocycles. The lowest BCUT2D eigenvalue weighted by Gasteiger charge is -2.21. The normalized spacial score (nSPS) is 10.6. The van der Waals surface area contributed by atoms with Gasteiger partial charge in [-0.05, 0) is 84.3 Å². The Hall–Kier alpha value is -5.64. The number of unbranched alkanes of at least 4 members (excludes halogenated alkanes) is 5. The van der Waals surface area contributed by atoms with Gasteiger partial charge in [0.15, 0.2) is 0 Å². The Morgan fingerprint density at radius 3 is 2.06 bits per heavy atom. The van der Waals surface area contributed by atoms with E-state index in [-0.39, 0.29) is 24.4 Å². The van der Waals surface area contributed by atoms with Crippen LogP contribution in [-0.4, -0.2) is 54.0 Å². The maximum absolute atomic E-state index is 13.3. The second-order valence-corrected chi connectivity index (χ2v) is 11.9. The van der Waals surface area contributed by atoms with E-state index in [9.17, 15) is 24.3 Å². The van der Waals surface area contributed by atoms with Crippen molar-refractivity contribution in [2.75, 3.05) is 25.6 Å². The highest BCUT2D eigenvalue weighted by atomic mass is 16.5. The Morgan fingerprint density at radius 2 is 1.38 bits per heavy atom. The predicted molar refractivity (Wildman–Crippen MR) is 191 cm³/mol. The number of rotatable bonds is 19. The van der Waals surface area contributed by atoms with Crippen molar-refractivity contribution in [1.82, 2.24) is 4.90 Å². The lowest BCUT2D eigenvalue weighted by molar-refractivity contribution is -0.137. The molecule has 0 saturated heterocycles. The minimum Gasteiger partial charge on any atom is -0.497 e. The molecule has 0 unspecified atom stereocenters. The number of carbonyl (C=O) groups excluding carboxylic acids is 3. The van der Waals surface area contributed by atoms with Crippen LogP contribution in [0.25, 0.3) is 0 Å². The molecule has 10 heteroatoms. The van der Waals surface area contributed by atoms with E-state index >= 15 is 0 Å². The summed E-state index contributed by atoms with van der Waals surface area (Å²) in [6, 6.07) is 26.9. The number of ether oxygens (including phenoxy) is 3. The van der Waals surface area contributed by atoms with Crippen LogP contribution in [0, 0.1) is 0 Å². The molecule has 0 fully saturated rings. The van der Waals surface area contributed by atoms with Gasteiger partial charge < -0.3 is 29.5 Å². The van der Waals surface area contributed by atoms with Crippen LogP contribution >= 0.6 is 0 Å². The van der Waals surface area contributed by atoms with Crippen molar-refractivity contribution < 1.29 is 38.5 Å². The molecule has 0 radical (unpaired) electrons. The fraction of sp³-hybridized carbons (Fsp3) is 0.300. The average Bonchev–Trinajstić information content (AvgIpc) is 3.12. The standard InChI is InChI=1S/C40H44N2O8/c1-3-4-5-6-7-8-24-49-36-11-9-10-32(26-36)40(47)50-35-22-14-30(15-23-35)27-42(28-38(44)45)39(46)31-16-18-33(19-17-31)41-37(43)25-29-12-20-34(48-2)21-13-29/h9-23,26H,3-8,24-25,27-28H2,1-2H3,(H,41,43)(H,44,45). The average molecular weight is 681 g/mol. The molecule has 0 atom stereocenters. The number of esters is 1. The van der Waals surface area contributed by atoms with E-state index in [0.29, 0.717) is 40.7 Å². The predicted octanol–water partition coefficient (Wildman–Crippen LogP) is 7.56. The summed E-state index contributed by atoms with van der Waals surface area (Å²) < 4.78 is 16.5. The van der Waals surface area contributed by atoms with Crippen molar-refractivity contribution in [1.29, 1.82) is 0 Å². The maximum atomic E-state index is 13.3. The first-order valence-electron chi connectivity index (χ1n) is 16.8. The largest absolute Gasteiger partial charge is 0.497 e. The van der Waals surface area contributed by atoms with Gasteiger partial charge in [-0.25, -0.2) is 4.79 Å².